The van der Waals surface area contributed by atoms with Crippen LogP contribution in [0.1, 0.15) is 39.1 Å². The van der Waals surface area contributed by atoms with Crippen molar-refractivity contribution in [1.82, 2.24) is 0 Å². The number of ether oxygens (including phenoxy) is 2. The van der Waals surface area contributed by atoms with E-state index in [0.29, 0.717) is 22.6 Å². The molecule has 1 aliphatic rings. The predicted molar refractivity (Wildman–Crippen MR) is 81.6 cm³/mol. The van der Waals surface area contributed by atoms with Crippen LogP contribution in [-0.4, -0.2) is 18.4 Å². The van der Waals surface area contributed by atoms with Crippen molar-refractivity contribution in [2.75, 3.05) is 6.79 Å². The van der Waals surface area contributed by atoms with Crippen molar-refractivity contribution in [1.29, 1.82) is 0 Å². The summed E-state index contributed by atoms with van der Waals surface area (Å²) >= 11 is 0. The lowest BCUT2D eigenvalue weighted by atomic mass is 10.0. The van der Waals surface area contributed by atoms with Crippen LogP contribution < -0.4 is 9.47 Å². The molecule has 0 saturated heterocycles. The molecule has 22 heavy (non-hydrogen) atoms. The van der Waals surface area contributed by atoms with Gasteiger partial charge in [0, 0.05) is 24.0 Å². The number of aryl methyl sites for hydroxylation is 1. The minimum absolute atomic E-state index is 0.0194. The summed E-state index contributed by atoms with van der Waals surface area (Å²) in [6, 6.07) is 12.5. The van der Waals surface area contributed by atoms with Crippen molar-refractivity contribution < 1.29 is 19.1 Å². The molecule has 0 bridgehead atoms. The topological polar surface area (TPSA) is 52.6 Å². The van der Waals surface area contributed by atoms with Crippen LogP contribution in [0.3, 0.4) is 0 Å². The van der Waals surface area contributed by atoms with Gasteiger partial charge in [-0.15, -0.1) is 0 Å². The van der Waals surface area contributed by atoms with Gasteiger partial charge in [-0.05, 0) is 25.1 Å². The molecule has 3 rings (SSSR count). The van der Waals surface area contributed by atoms with E-state index in [1.54, 1.807) is 30.3 Å². The van der Waals surface area contributed by atoms with Crippen LogP contribution in [0.25, 0.3) is 0 Å². The summed E-state index contributed by atoms with van der Waals surface area (Å²) in [5.74, 6) is 1.14. The lowest BCUT2D eigenvalue weighted by molar-refractivity contribution is 0.0917. The second kappa shape index (κ2) is 6.02. The Bertz CT molecular complexity index is 716. The van der Waals surface area contributed by atoms with E-state index in [2.05, 4.69) is 0 Å². The lowest BCUT2D eigenvalue weighted by Crippen LogP contribution is -2.05. The standard InChI is InChI=1S/C18H16O4/c1-12-2-4-13(5-3-12)15(19)7-8-16(20)14-6-9-17-18(10-14)22-11-21-17/h2-6,9-10H,7-8,11H2,1H3. The molecule has 2 aromatic rings. The third-order valence-corrected chi connectivity index (χ3v) is 3.65. The van der Waals surface area contributed by atoms with Crippen molar-refractivity contribution >= 4 is 11.6 Å². The highest BCUT2D eigenvalue weighted by Crippen LogP contribution is 2.32. The van der Waals surface area contributed by atoms with E-state index in [1.165, 1.54) is 0 Å². The van der Waals surface area contributed by atoms with E-state index in [-0.39, 0.29) is 31.2 Å². The first kappa shape index (κ1) is 14.3. The second-order valence-corrected chi connectivity index (χ2v) is 5.28. The molecule has 1 heterocycles. The van der Waals surface area contributed by atoms with Gasteiger partial charge in [0.1, 0.15) is 0 Å². The van der Waals surface area contributed by atoms with Crippen LogP contribution in [0.2, 0.25) is 0 Å². The maximum atomic E-state index is 12.2. The maximum Gasteiger partial charge on any atom is 0.231 e. The molecular weight excluding hydrogens is 280 g/mol. The minimum atomic E-state index is -0.0706. The molecule has 0 amide bonds. The zero-order valence-corrected chi connectivity index (χ0v) is 12.3. The van der Waals surface area contributed by atoms with Crippen LogP contribution in [0.15, 0.2) is 42.5 Å². The van der Waals surface area contributed by atoms with Crippen molar-refractivity contribution in [3.8, 4) is 11.5 Å². The number of Topliss-reactive ketones (excluding diaryl/α,β-unsaturated/α-hetero) is 2. The number of carbonyl (C=O) groups is 2. The summed E-state index contributed by atoms with van der Waals surface area (Å²) in [5, 5.41) is 0. The highest BCUT2D eigenvalue weighted by molar-refractivity contribution is 6.02. The monoisotopic (exact) mass is 296 g/mol. The quantitative estimate of drug-likeness (QED) is 0.791. The van der Waals surface area contributed by atoms with Gasteiger partial charge in [-0.2, -0.15) is 0 Å². The fourth-order valence-electron chi connectivity index (χ4n) is 2.33. The van der Waals surface area contributed by atoms with Crippen molar-refractivity contribution in [3.05, 3.63) is 59.2 Å². The van der Waals surface area contributed by atoms with Gasteiger partial charge >= 0.3 is 0 Å². The zero-order chi connectivity index (χ0) is 15.5. The Morgan fingerprint density at radius 1 is 0.864 bits per heavy atom. The smallest absolute Gasteiger partial charge is 0.231 e. The van der Waals surface area contributed by atoms with E-state index >= 15 is 0 Å². The highest BCUT2D eigenvalue weighted by Gasteiger charge is 2.17. The summed E-state index contributed by atoms with van der Waals surface area (Å²) in [4.78, 5) is 24.3. The van der Waals surface area contributed by atoms with Crippen molar-refractivity contribution in [2.45, 2.75) is 19.8 Å². The van der Waals surface area contributed by atoms with E-state index < -0.39 is 0 Å². The second-order valence-electron chi connectivity index (χ2n) is 5.28. The number of hydrogen-bond donors (Lipinski definition) is 0. The van der Waals surface area contributed by atoms with Crippen molar-refractivity contribution in [3.63, 3.8) is 0 Å². The van der Waals surface area contributed by atoms with E-state index in [4.69, 9.17) is 9.47 Å². The molecule has 0 aromatic heterocycles. The zero-order valence-electron chi connectivity index (χ0n) is 12.3. The molecule has 0 N–H and O–H groups in total. The summed E-state index contributed by atoms with van der Waals surface area (Å²) in [6.45, 7) is 2.15. The molecule has 0 saturated carbocycles. The summed E-state index contributed by atoms with van der Waals surface area (Å²) in [7, 11) is 0. The number of hydrogen-bond acceptors (Lipinski definition) is 4. The van der Waals surface area contributed by atoms with Gasteiger partial charge in [-0.1, -0.05) is 29.8 Å². The normalized spacial score (nSPS) is 12.2. The number of carbonyl (C=O) groups excluding carboxylic acids is 2. The third kappa shape index (κ3) is 3.01. The van der Waals surface area contributed by atoms with Crippen LogP contribution in [-0.2, 0) is 0 Å². The number of benzene rings is 2. The van der Waals surface area contributed by atoms with Gasteiger partial charge in [-0.3, -0.25) is 9.59 Å². The van der Waals surface area contributed by atoms with Crippen LogP contribution in [0, 0.1) is 6.92 Å². The Balaban J connectivity index is 1.62. The fraction of sp³-hybridized carbons (Fsp3) is 0.222. The third-order valence-electron chi connectivity index (χ3n) is 3.65. The molecule has 0 unspecified atom stereocenters. The van der Waals surface area contributed by atoms with E-state index in [1.807, 2.05) is 19.1 Å². The number of fused-ring (bicyclic) bond motifs is 1. The molecule has 112 valence electrons. The highest BCUT2D eigenvalue weighted by atomic mass is 16.7. The maximum absolute atomic E-state index is 12.2. The van der Waals surface area contributed by atoms with Gasteiger partial charge in [0.2, 0.25) is 6.79 Å². The first-order valence-corrected chi connectivity index (χ1v) is 7.16. The molecule has 0 aliphatic carbocycles. The van der Waals surface area contributed by atoms with Gasteiger partial charge < -0.3 is 9.47 Å². The van der Waals surface area contributed by atoms with Gasteiger partial charge in [0.05, 0.1) is 0 Å². The van der Waals surface area contributed by atoms with Crippen molar-refractivity contribution in [2.24, 2.45) is 0 Å². The summed E-state index contributed by atoms with van der Waals surface area (Å²) in [5.41, 5.74) is 2.29. The molecule has 0 radical (unpaired) electrons. The summed E-state index contributed by atoms with van der Waals surface area (Å²) in [6.07, 6.45) is 0.392. The Kier molecular flexibility index (Phi) is 3.92. The Morgan fingerprint density at radius 2 is 1.45 bits per heavy atom. The molecule has 2 aromatic carbocycles. The number of ketones is 2. The predicted octanol–water partition coefficient (Wildman–Crippen LogP) is 3.57. The Hall–Kier alpha value is -2.62. The SMILES string of the molecule is Cc1ccc(C(=O)CCC(=O)c2ccc3c(c2)OCO3)cc1. The van der Waals surface area contributed by atoms with Crippen LogP contribution in [0.5, 0.6) is 11.5 Å². The van der Waals surface area contributed by atoms with Gasteiger partial charge in [0.15, 0.2) is 23.1 Å². The molecule has 4 nitrogen and oxygen atoms in total. The van der Waals surface area contributed by atoms with E-state index in [0.717, 1.165) is 5.56 Å². The molecule has 0 atom stereocenters. The molecule has 0 fully saturated rings. The van der Waals surface area contributed by atoms with Gasteiger partial charge in [0.25, 0.3) is 0 Å². The molecule has 0 spiro atoms. The largest absolute Gasteiger partial charge is 0.454 e. The first-order valence-electron chi connectivity index (χ1n) is 7.16. The number of rotatable bonds is 5. The lowest BCUT2D eigenvalue weighted by Gasteiger charge is -2.03. The molecule has 1 aliphatic heterocycles. The first-order chi connectivity index (χ1) is 10.6. The Morgan fingerprint density at radius 3 is 2.18 bits per heavy atom. The minimum Gasteiger partial charge on any atom is -0.454 e. The van der Waals surface area contributed by atoms with Gasteiger partial charge in [-0.25, -0.2) is 0 Å². The molecular formula is C18H16O4. The summed E-state index contributed by atoms with van der Waals surface area (Å²) < 4.78 is 10.5. The van der Waals surface area contributed by atoms with Crippen LogP contribution in [0.4, 0.5) is 0 Å². The van der Waals surface area contributed by atoms with E-state index in [9.17, 15) is 9.59 Å². The Labute approximate surface area is 128 Å². The fourth-order valence-corrected chi connectivity index (χ4v) is 2.33. The molecule has 4 heteroatoms. The average molecular weight is 296 g/mol. The average Bonchev–Trinajstić information content (AvgIpc) is 3.00. The van der Waals surface area contributed by atoms with Crippen LogP contribution >= 0.6 is 0 Å².